The monoisotopic (exact) mass is 327 g/mol. The molecule has 0 unspecified atom stereocenters. The van der Waals surface area contributed by atoms with E-state index in [-0.39, 0.29) is 5.91 Å². The number of aromatic nitrogens is 1. The Hall–Kier alpha value is -1.98. The molecule has 3 rings (SSSR count). The zero-order valence-corrected chi connectivity index (χ0v) is 14.3. The van der Waals surface area contributed by atoms with Crippen molar-refractivity contribution in [3.05, 3.63) is 53.2 Å². The van der Waals surface area contributed by atoms with E-state index in [2.05, 4.69) is 41.1 Å². The quantitative estimate of drug-likeness (QED) is 0.854. The van der Waals surface area contributed by atoms with Gasteiger partial charge in [0.25, 0.3) is 5.91 Å². The number of amides is 1. The number of hydrogen-bond acceptors (Lipinski definition) is 3. The topological polar surface area (TPSA) is 37.3 Å². The van der Waals surface area contributed by atoms with Crippen LogP contribution in [0.4, 0.5) is 5.69 Å². The molecule has 2 aromatic rings. The summed E-state index contributed by atoms with van der Waals surface area (Å²) in [5.41, 5.74) is 1.96. The van der Waals surface area contributed by atoms with Gasteiger partial charge in [-0.2, -0.15) is 0 Å². The predicted molar refractivity (Wildman–Crippen MR) is 96.5 cm³/mol. The third-order valence-electron chi connectivity index (χ3n) is 3.73. The maximum absolute atomic E-state index is 12.3. The Morgan fingerprint density at radius 1 is 1.22 bits per heavy atom. The molecule has 120 valence electrons. The summed E-state index contributed by atoms with van der Waals surface area (Å²) in [4.78, 5) is 16.3. The summed E-state index contributed by atoms with van der Waals surface area (Å²) < 4.78 is 2.20. The second-order valence-electron chi connectivity index (χ2n) is 5.84. The lowest BCUT2D eigenvalue weighted by molar-refractivity contribution is -0.112. The standard InChI is InChI=1S/C18H21N3OS/c1-20(2)10-6-12-21-11-5-7-14(21)13-17-18(22)19-15-8-3-4-9-16(15)23-17/h3-5,7-9,11,13H,6,10,12H2,1-2H3,(H,19,22)/b17-13-. The van der Waals surface area contributed by atoms with Crippen molar-refractivity contribution >= 4 is 29.4 Å². The van der Waals surface area contributed by atoms with Crippen LogP contribution < -0.4 is 5.32 Å². The number of fused-ring (bicyclic) bond motifs is 1. The molecule has 1 aliphatic rings. The lowest BCUT2D eigenvalue weighted by Crippen LogP contribution is -2.17. The third kappa shape index (κ3) is 3.86. The van der Waals surface area contributed by atoms with Crippen LogP contribution in [0.15, 0.2) is 52.4 Å². The van der Waals surface area contributed by atoms with Gasteiger partial charge < -0.3 is 14.8 Å². The number of carbonyl (C=O) groups excluding carboxylic acids is 1. The van der Waals surface area contributed by atoms with Gasteiger partial charge in [-0.3, -0.25) is 4.79 Å². The molecule has 23 heavy (non-hydrogen) atoms. The number of carbonyl (C=O) groups is 1. The minimum Gasteiger partial charge on any atom is -0.348 e. The first-order chi connectivity index (χ1) is 11.1. The van der Waals surface area contributed by atoms with Crippen LogP contribution in [0.5, 0.6) is 0 Å². The van der Waals surface area contributed by atoms with Crippen LogP contribution in [-0.4, -0.2) is 36.0 Å². The normalized spacial score (nSPS) is 15.8. The summed E-state index contributed by atoms with van der Waals surface area (Å²) in [5, 5.41) is 2.96. The number of hydrogen-bond donors (Lipinski definition) is 1. The van der Waals surface area contributed by atoms with Gasteiger partial charge in [0.05, 0.1) is 10.6 Å². The largest absolute Gasteiger partial charge is 0.348 e. The molecule has 0 saturated heterocycles. The maximum atomic E-state index is 12.3. The van der Waals surface area contributed by atoms with Gasteiger partial charge in [0, 0.05) is 23.3 Å². The zero-order valence-electron chi connectivity index (χ0n) is 13.5. The average molecular weight is 327 g/mol. The van der Waals surface area contributed by atoms with Gasteiger partial charge in [-0.25, -0.2) is 0 Å². The van der Waals surface area contributed by atoms with Gasteiger partial charge in [0.2, 0.25) is 0 Å². The molecule has 5 heteroatoms. The van der Waals surface area contributed by atoms with Crippen molar-refractivity contribution in [3.8, 4) is 0 Å². The summed E-state index contributed by atoms with van der Waals surface area (Å²) in [7, 11) is 4.16. The van der Waals surface area contributed by atoms with E-state index < -0.39 is 0 Å². The van der Waals surface area contributed by atoms with Gasteiger partial charge in [0.1, 0.15) is 0 Å². The molecule has 4 nitrogen and oxygen atoms in total. The van der Waals surface area contributed by atoms with E-state index in [0.717, 1.165) is 40.7 Å². The Labute approximate surface area is 141 Å². The second kappa shape index (κ2) is 7.06. The van der Waals surface area contributed by atoms with E-state index in [1.54, 1.807) is 0 Å². The van der Waals surface area contributed by atoms with Crippen LogP contribution in [0.3, 0.4) is 0 Å². The summed E-state index contributed by atoms with van der Waals surface area (Å²) in [6.07, 6.45) is 5.13. The summed E-state index contributed by atoms with van der Waals surface area (Å²) in [5.74, 6) is -0.0326. The molecule has 1 aliphatic heterocycles. The Kier molecular flexibility index (Phi) is 4.88. The molecular formula is C18H21N3OS. The van der Waals surface area contributed by atoms with Crippen LogP contribution in [0.2, 0.25) is 0 Å². The Morgan fingerprint density at radius 3 is 2.87 bits per heavy atom. The van der Waals surface area contributed by atoms with Gasteiger partial charge in [0.15, 0.2) is 0 Å². The molecule has 0 aliphatic carbocycles. The summed E-state index contributed by atoms with van der Waals surface area (Å²) >= 11 is 1.53. The number of rotatable bonds is 5. The number of anilines is 1. The molecule has 0 atom stereocenters. The SMILES string of the molecule is CN(C)CCCn1cccc1/C=C1\Sc2ccccc2NC1=O. The van der Waals surface area contributed by atoms with Gasteiger partial charge >= 0.3 is 0 Å². The Bertz CT molecular complexity index is 733. The molecule has 1 N–H and O–H groups in total. The minimum absolute atomic E-state index is 0.0326. The van der Waals surface area contributed by atoms with Crippen molar-refractivity contribution in [3.63, 3.8) is 0 Å². The highest BCUT2D eigenvalue weighted by Gasteiger charge is 2.20. The van der Waals surface area contributed by atoms with Crippen LogP contribution in [-0.2, 0) is 11.3 Å². The smallest absolute Gasteiger partial charge is 0.262 e. The molecule has 0 radical (unpaired) electrons. The highest BCUT2D eigenvalue weighted by Crippen LogP contribution is 2.38. The van der Waals surface area contributed by atoms with Crippen LogP contribution in [0.1, 0.15) is 12.1 Å². The van der Waals surface area contributed by atoms with E-state index in [1.807, 2.05) is 36.4 Å². The molecule has 0 fully saturated rings. The van der Waals surface area contributed by atoms with Crippen molar-refractivity contribution in [2.24, 2.45) is 0 Å². The fourth-order valence-corrected chi connectivity index (χ4v) is 3.49. The molecule has 2 heterocycles. The molecular weight excluding hydrogens is 306 g/mol. The van der Waals surface area contributed by atoms with Gasteiger partial charge in [-0.15, -0.1) is 0 Å². The molecule has 0 saturated carbocycles. The first-order valence-electron chi connectivity index (χ1n) is 7.73. The molecule has 1 amide bonds. The predicted octanol–water partition coefficient (Wildman–Crippen LogP) is 3.53. The van der Waals surface area contributed by atoms with E-state index in [9.17, 15) is 4.79 Å². The minimum atomic E-state index is -0.0326. The average Bonchev–Trinajstić information content (AvgIpc) is 2.95. The van der Waals surface area contributed by atoms with E-state index >= 15 is 0 Å². The number of nitrogens with zero attached hydrogens (tertiary/aromatic N) is 2. The molecule has 1 aromatic carbocycles. The van der Waals surface area contributed by atoms with Crippen LogP contribution in [0, 0.1) is 0 Å². The summed E-state index contributed by atoms with van der Waals surface area (Å²) in [6.45, 7) is 2.00. The van der Waals surface area contributed by atoms with Gasteiger partial charge in [-0.05, 0) is 57.4 Å². The molecule has 0 spiro atoms. The first kappa shape index (κ1) is 15.9. The maximum Gasteiger partial charge on any atom is 0.262 e. The van der Waals surface area contributed by atoms with E-state index in [1.165, 1.54) is 11.8 Å². The Balaban J connectivity index is 1.77. The number of benzene rings is 1. The fourth-order valence-electron chi connectivity index (χ4n) is 2.56. The fraction of sp³-hybridized carbons (Fsp3) is 0.278. The summed E-state index contributed by atoms with van der Waals surface area (Å²) in [6, 6.07) is 12.0. The third-order valence-corrected chi connectivity index (χ3v) is 4.83. The van der Waals surface area contributed by atoms with Crippen molar-refractivity contribution in [1.29, 1.82) is 0 Å². The second-order valence-corrected chi connectivity index (χ2v) is 6.93. The van der Waals surface area contributed by atoms with E-state index in [0.29, 0.717) is 0 Å². The van der Waals surface area contributed by atoms with Gasteiger partial charge in [-0.1, -0.05) is 23.9 Å². The molecule has 0 bridgehead atoms. The number of nitrogens with one attached hydrogen (secondary N) is 1. The zero-order chi connectivity index (χ0) is 16.2. The molecule has 1 aromatic heterocycles. The van der Waals surface area contributed by atoms with Crippen molar-refractivity contribution in [2.75, 3.05) is 26.0 Å². The Morgan fingerprint density at radius 2 is 2.04 bits per heavy atom. The highest BCUT2D eigenvalue weighted by atomic mass is 32.2. The van der Waals surface area contributed by atoms with E-state index in [4.69, 9.17) is 0 Å². The highest BCUT2D eigenvalue weighted by molar-refractivity contribution is 8.04. The lowest BCUT2D eigenvalue weighted by Gasteiger charge is -2.18. The lowest BCUT2D eigenvalue weighted by atomic mass is 10.3. The number of thioether (sulfide) groups is 1. The number of para-hydroxylation sites is 1. The van der Waals surface area contributed by atoms with Crippen molar-refractivity contribution in [2.45, 2.75) is 17.9 Å². The number of aryl methyl sites for hydroxylation is 1. The van der Waals surface area contributed by atoms with Crippen molar-refractivity contribution in [1.82, 2.24) is 9.47 Å². The van der Waals surface area contributed by atoms with Crippen molar-refractivity contribution < 1.29 is 4.79 Å². The van der Waals surface area contributed by atoms with Crippen LogP contribution in [0.25, 0.3) is 6.08 Å². The van der Waals surface area contributed by atoms with Crippen LogP contribution >= 0.6 is 11.8 Å². The first-order valence-corrected chi connectivity index (χ1v) is 8.55.